The summed E-state index contributed by atoms with van der Waals surface area (Å²) in [4.78, 5) is 28.5. The Morgan fingerprint density at radius 2 is 1.68 bits per heavy atom. The minimum absolute atomic E-state index is 0.0142. The molecule has 0 fully saturated rings. The Bertz CT molecular complexity index is 1240. The Kier molecular flexibility index (Phi) is 11.8. The van der Waals surface area contributed by atoms with Gasteiger partial charge in [0, 0.05) is 43.7 Å². The lowest BCUT2D eigenvalue weighted by molar-refractivity contribution is -0.132. The Morgan fingerprint density at radius 3 is 2.29 bits per heavy atom. The molecular weight excluding hydrogens is 524 g/mol. The van der Waals surface area contributed by atoms with Crippen LogP contribution in [0.1, 0.15) is 56.7 Å². The second kappa shape index (κ2) is 15.0. The molecule has 0 spiro atoms. The van der Waals surface area contributed by atoms with Crippen molar-refractivity contribution in [2.45, 2.75) is 65.5 Å². The summed E-state index contributed by atoms with van der Waals surface area (Å²) in [7, 11) is 0. The Hall–Kier alpha value is -3.36. The lowest BCUT2D eigenvalue weighted by Crippen LogP contribution is -2.51. The van der Waals surface area contributed by atoms with Gasteiger partial charge in [-0.3, -0.25) is 9.59 Å². The summed E-state index contributed by atoms with van der Waals surface area (Å²) in [5.74, 6) is -3.25. The van der Waals surface area contributed by atoms with Gasteiger partial charge in [-0.2, -0.15) is 0 Å². The Morgan fingerprint density at radius 1 is 1.02 bits per heavy atom. The van der Waals surface area contributed by atoms with Crippen LogP contribution in [0.2, 0.25) is 0 Å². The van der Waals surface area contributed by atoms with Crippen LogP contribution in [-0.4, -0.2) is 47.6 Å². The molecule has 0 aliphatic heterocycles. The van der Waals surface area contributed by atoms with Crippen LogP contribution in [-0.2, 0) is 29.0 Å². The highest BCUT2D eigenvalue weighted by atomic mass is 19.1. The fraction of sp³-hybridized carbons (Fsp3) is 0.455. The zero-order valence-corrected chi connectivity index (χ0v) is 24.3. The van der Waals surface area contributed by atoms with Gasteiger partial charge in [-0.1, -0.05) is 63.3 Å². The monoisotopic (exact) mass is 567 g/mol. The molecule has 6 nitrogen and oxygen atoms in total. The number of aliphatic hydroxyl groups excluding tert-OH is 1. The largest absolute Gasteiger partial charge is 0.391 e. The SMILES string of the molecule is CCCN(CCC)C(=O)C1=CC=CC(C(N)=O)([C@H](Cc2cc(F)cc(F)c2)[C@@H](O)CNCc2cccc(CC)c2)C1. The number of allylic oxidation sites excluding steroid dienone is 2. The molecule has 0 aromatic heterocycles. The molecule has 0 heterocycles. The zero-order chi connectivity index (χ0) is 30.0. The molecule has 0 saturated heterocycles. The van der Waals surface area contributed by atoms with Gasteiger partial charge in [0.05, 0.1) is 11.5 Å². The first-order valence-corrected chi connectivity index (χ1v) is 14.5. The molecule has 2 aromatic carbocycles. The molecule has 1 unspecified atom stereocenters. The predicted molar refractivity (Wildman–Crippen MR) is 158 cm³/mol. The van der Waals surface area contributed by atoms with E-state index in [0.717, 1.165) is 30.9 Å². The van der Waals surface area contributed by atoms with Crippen molar-refractivity contribution in [3.63, 3.8) is 0 Å². The van der Waals surface area contributed by atoms with Gasteiger partial charge < -0.3 is 21.1 Å². The van der Waals surface area contributed by atoms with Crippen molar-refractivity contribution in [1.29, 1.82) is 0 Å². The highest BCUT2D eigenvalue weighted by molar-refractivity contribution is 5.96. The molecule has 222 valence electrons. The third-order valence-electron chi connectivity index (χ3n) is 7.77. The van der Waals surface area contributed by atoms with Crippen molar-refractivity contribution in [2.75, 3.05) is 19.6 Å². The number of nitrogens with one attached hydrogen (secondary N) is 1. The number of halogens is 2. The minimum atomic E-state index is -1.45. The molecule has 1 aliphatic rings. The Balaban J connectivity index is 1.92. The molecule has 8 heteroatoms. The van der Waals surface area contributed by atoms with Crippen molar-refractivity contribution in [3.05, 3.63) is 94.6 Å². The molecule has 3 rings (SSSR count). The van der Waals surface area contributed by atoms with Crippen molar-refractivity contribution in [1.82, 2.24) is 10.2 Å². The lowest BCUT2D eigenvalue weighted by Gasteiger charge is -2.41. The van der Waals surface area contributed by atoms with Crippen LogP contribution < -0.4 is 11.1 Å². The van der Waals surface area contributed by atoms with Crippen LogP contribution in [0.15, 0.2) is 66.3 Å². The van der Waals surface area contributed by atoms with Gasteiger partial charge in [0.15, 0.2) is 0 Å². The van der Waals surface area contributed by atoms with Gasteiger partial charge >= 0.3 is 0 Å². The summed E-state index contributed by atoms with van der Waals surface area (Å²) < 4.78 is 28.3. The third kappa shape index (κ3) is 8.33. The second-order valence-corrected chi connectivity index (χ2v) is 10.9. The average molecular weight is 568 g/mol. The van der Waals surface area contributed by atoms with Crippen LogP contribution in [0, 0.1) is 23.0 Å². The van der Waals surface area contributed by atoms with Crippen molar-refractivity contribution >= 4 is 11.8 Å². The first kappa shape index (κ1) is 32.2. The van der Waals surface area contributed by atoms with Crippen molar-refractivity contribution < 1.29 is 23.5 Å². The van der Waals surface area contributed by atoms with E-state index >= 15 is 0 Å². The minimum Gasteiger partial charge on any atom is -0.391 e. The fourth-order valence-corrected chi connectivity index (χ4v) is 5.69. The van der Waals surface area contributed by atoms with Crippen molar-refractivity contribution in [2.24, 2.45) is 17.1 Å². The van der Waals surface area contributed by atoms with Crippen LogP contribution in [0.3, 0.4) is 0 Å². The van der Waals surface area contributed by atoms with Gasteiger partial charge in [-0.15, -0.1) is 0 Å². The summed E-state index contributed by atoms with van der Waals surface area (Å²) in [6.07, 6.45) is 6.27. The van der Waals surface area contributed by atoms with E-state index in [-0.39, 0.29) is 30.9 Å². The van der Waals surface area contributed by atoms with E-state index in [9.17, 15) is 23.5 Å². The first-order chi connectivity index (χ1) is 19.6. The highest BCUT2D eigenvalue weighted by Crippen LogP contribution is 2.43. The third-order valence-corrected chi connectivity index (χ3v) is 7.77. The molecule has 0 saturated carbocycles. The fourth-order valence-electron chi connectivity index (χ4n) is 5.69. The molecule has 4 N–H and O–H groups in total. The smallest absolute Gasteiger partial charge is 0.249 e. The molecule has 41 heavy (non-hydrogen) atoms. The highest BCUT2D eigenvalue weighted by Gasteiger charge is 2.47. The maximum Gasteiger partial charge on any atom is 0.249 e. The lowest BCUT2D eigenvalue weighted by atomic mass is 9.64. The molecule has 0 bridgehead atoms. The van der Waals surface area contributed by atoms with E-state index in [2.05, 4.69) is 18.3 Å². The van der Waals surface area contributed by atoms with Gasteiger partial charge in [0.25, 0.3) is 0 Å². The number of primary amides is 1. The van der Waals surface area contributed by atoms with E-state index in [1.165, 1.54) is 17.7 Å². The van der Waals surface area contributed by atoms with Crippen molar-refractivity contribution in [3.8, 4) is 0 Å². The van der Waals surface area contributed by atoms with Crippen LogP contribution in [0.5, 0.6) is 0 Å². The molecule has 3 atom stereocenters. The maximum atomic E-state index is 14.2. The number of aliphatic hydroxyl groups is 1. The summed E-state index contributed by atoms with van der Waals surface area (Å²) >= 11 is 0. The zero-order valence-electron chi connectivity index (χ0n) is 24.3. The van der Waals surface area contributed by atoms with Crippen LogP contribution in [0.25, 0.3) is 0 Å². The predicted octanol–water partition coefficient (Wildman–Crippen LogP) is 4.84. The second-order valence-electron chi connectivity index (χ2n) is 10.9. The quantitative estimate of drug-likeness (QED) is 0.287. The van der Waals surface area contributed by atoms with Gasteiger partial charge in [0.2, 0.25) is 11.8 Å². The standard InChI is InChI=1S/C33H43F2N3O3/c1-4-13-38(14-5-2)31(40)26-11-8-12-33(20-26,32(36)41)29(18-25-16-27(34)19-28(35)17-25)30(39)22-37-21-24-10-7-9-23(6-3)15-24/h7-12,15-17,19,29-30,37,39H,4-6,13-14,18,20-22H2,1-3H3,(H2,36,41)/t29-,30+,33?/m1/s1. The average Bonchev–Trinajstić information content (AvgIpc) is 2.95. The topological polar surface area (TPSA) is 95.7 Å². The number of aryl methyl sites for hydroxylation is 1. The summed E-state index contributed by atoms with van der Waals surface area (Å²) in [5.41, 5.74) is 7.54. The number of carbonyl (C=O) groups excluding carboxylic acids is 2. The van der Waals surface area contributed by atoms with Crippen LogP contribution in [0.4, 0.5) is 8.78 Å². The number of benzene rings is 2. The summed E-state index contributed by atoms with van der Waals surface area (Å²) in [6.45, 7) is 7.81. The first-order valence-electron chi connectivity index (χ1n) is 14.5. The molecule has 2 aromatic rings. The summed E-state index contributed by atoms with van der Waals surface area (Å²) in [5, 5.41) is 14.8. The summed E-state index contributed by atoms with van der Waals surface area (Å²) in [6, 6.07) is 11.3. The van der Waals surface area contributed by atoms with Crippen LogP contribution >= 0.6 is 0 Å². The molecule has 2 amide bonds. The molecule has 0 radical (unpaired) electrons. The van der Waals surface area contributed by atoms with Gasteiger partial charge in [-0.05, 0) is 60.9 Å². The number of carbonyl (C=O) groups is 2. The molecular formula is C33H43F2N3O3. The number of rotatable bonds is 15. The van der Waals surface area contributed by atoms with E-state index in [1.807, 2.05) is 32.0 Å². The van der Waals surface area contributed by atoms with Gasteiger partial charge in [0.1, 0.15) is 11.6 Å². The normalized spacial score (nSPS) is 18.0. The maximum absolute atomic E-state index is 14.2. The number of hydrogen-bond donors (Lipinski definition) is 3. The number of amides is 2. The number of hydrogen-bond acceptors (Lipinski definition) is 4. The van der Waals surface area contributed by atoms with E-state index < -0.39 is 35.0 Å². The molecule has 1 aliphatic carbocycles. The van der Waals surface area contributed by atoms with E-state index in [4.69, 9.17) is 5.73 Å². The van der Waals surface area contributed by atoms with E-state index in [1.54, 1.807) is 23.1 Å². The van der Waals surface area contributed by atoms with E-state index in [0.29, 0.717) is 25.2 Å². The number of nitrogens with zero attached hydrogens (tertiary/aromatic N) is 1. The Labute approximate surface area is 242 Å². The van der Waals surface area contributed by atoms with Gasteiger partial charge in [-0.25, -0.2) is 8.78 Å². The number of nitrogens with two attached hydrogens (primary N) is 1.